The zero-order valence-corrected chi connectivity index (χ0v) is 9.74. The number of nitrogen functional groups attached to an aromatic ring is 1. The van der Waals surface area contributed by atoms with Crippen LogP contribution >= 0.6 is 0 Å². The molecule has 0 radical (unpaired) electrons. The molecule has 88 valence electrons. The number of nitrogens with zero attached hydrogens (tertiary/aromatic N) is 2. The first-order valence-corrected chi connectivity index (χ1v) is 6.40. The van der Waals surface area contributed by atoms with E-state index in [1.54, 1.807) is 6.07 Å². The minimum atomic E-state index is -3.50. The molecule has 6 nitrogen and oxygen atoms in total. The Morgan fingerprint density at radius 1 is 1.56 bits per heavy atom. The molecular weight excluding hydrogens is 228 g/mol. The largest absolute Gasteiger partial charge is 0.396 e. The first-order chi connectivity index (χ1) is 7.50. The fraction of sp³-hybridized carbons (Fsp3) is 0.444. The van der Waals surface area contributed by atoms with Crippen molar-refractivity contribution in [3.8, 4) is 0 Å². The van der Waals surface area contributed by atoms with Crippen LogP contribution in [0.5, 0.6) is 0 Å². The average molecular weight is 242 g/mol. The number of nitrogens with two attached hydrogens (primary N) is 1. The number of hydrogen-bond donors (Lipinski definition) is 2. The van der Waals surface area contributed by atoms with E-state index in [1.165, 1.54) is 19.4 Å². The molecule has 3 N–H and O–H groups in total. The van der Waals surface area contributed by atoms with Gasteiger partial charge in [0, 0.05) is 19.3 Å². The van der Waals surface area contributed by atoms with Crippen LogP contribution in [0.25, 0.3) is 0 Å². The molecule has 1 fully saturated rings. The average Bonchev–Trinajstić information content (AvgIpc) is 3.01. The Morgan fingerprint density at radius 3 is 2.81 bits per heavy atom. The maximum absolute atomic E-state index is 11.9. The summed E-state index contributed by atoms with van der Waals surface area (Å²) in [5, 5.41) is 0. The molecule has 0 aliphatic heterocycles. The zero-order chi connectivity index (χ0) is 11.8. The van der Waals surface area contributed by atoms with E-state index in [-0.39, 0.29) is 6.04 Å². The summed E-state index contributed by atoms with van der Waals surface area (Å²) in [7, 11) is -2.03. The predicted octanol–water partition coefficient (Wildman–Crippen LogP) is 0.0968. The summed E-state index contributed by atoms with van der Waals surface area (Å²) < 4.78 is 27.5. The SMILES string of the molecule is CN(c1ccncc1N)S(=O)(=O)NC1CC1. The monoisotopic (exact) mass is 242 g/mol. The van der Waals surface area contributed by atoms with E-state index in [4.69, 9.17) is 5.73 Å². The predicted molar refractivity (Wildman–Crippen MR) is 62.1 cm³/mol. The van der Waals surface area contributed by atoms with E-state index in [9.17, 15) is 8.42 Å². The van der Waals surface area contributed by atoms with E-state index in [0.29, 0.717) is 11.4 Å². The molecule has 1 aliphatic rings. The second kappa shape index (κ2) is 3.91. The molecule has 0 unspecified atom stereocenters. The molecule has 2 rings (SSSR count). The zero-order valence-electron chi connectivity index (χ0n) is 8.92. The van der Waals surface area contributed by atoms with Crippen molar-refractivity contribution in [3.05, 3.63) is 18.5 Å². The summed E-state index contributed by atoms with van der Waals surface area (Å²) >= 11 is 0. The second-order valence-electron chi connectivity index (χ2n) is 3.80. The maximum Gasteiger partial charge on any atom is 0.301 e. The lowest BCUT2D eigenvalue weighted by Crippen LogP contribution is -2.39. The number of nitrogens with one attached hydrogen (secondary N) is 1. The van der Waals surface area contributed by atoms with Gasteiger partial charge in [-0.3, -0.25) is 9.29 Å². The van der Waals surface area contributed by atoms with Crippen molar-refractivity contribution in [2.75, 3.05) is 17.1 Å². The Morgan fingerprint density at radius 2 is 2.25 bits per heavy atom. The van der Waals surface area contributed by atoms with Crippen molar-refractivity contribution in [1.29, 1.82) is 0 Å². The summed E-state index contributed by atoms with van der Waals surface area (Å²) in [5.74, 6) is 0. The minimum Gasteiger partial charge on any atom is -0.396 e. The summed E-state index contributed by atoms with van der Waals surface area (Å²) in [4.78, 5) is 3.82. The molecular formula is C9H14N4O2S. The van der Waals surface area contributed by atoms with Crippen LogP contribution in [-0.2, 0) is 10.2 Å². The summed E-state index contributed by atoms with van der Waals surface area (Å²) in [6.45, 7) is 0. The topological polar surface area (TPSA) is 88.3 Å². The lowest BCUT2D eigenvalue weighted by Gasteiger charge is -2.20. The number of hydrogen-bond acceptors (Lipinski definition) is 4. The van der Waals surface area contributed by atoms with E-state index in [2.05, 4.69) is 9.71 Å². The van der Waals surface area contributed by atoms with Crippen molar-refractivity contribution in [3.63, 3.8) is 0 Å². The molecule has 0 aromatic carbocycles. The molecule has 0 saturated heterocycles. The Kier molecular flexibility index (Phi) is 2.73. The van der Waals surface area contributed by atoms with Gasteiger partial charge in [-0.05, 0) is 18.9 Å². The van der Waals surface area contributed by atoms with Gasteiger partial charge in [-0.15, -0.1) is 0 Å². The van der Waals surface area contributed by atoms with Gasteiger partial charge < -0.3 is 5.73 Å². The van der Waals surface area contributed by atoms with Crippen LogP contribution in [0.3, 0.4) is 0 Å². The molecule has 16 heavy (non-hydrogen) atoms. The Labute approximate surface area is 94.7 Å². The van der Waals surface area contributed by atoms with Gasteiger partial charge in [0.05, 0.1) is 17.6 Å². The van der Waals surface area contributed by atoms with Crippen LogP contribution in [-0.4, -0.2) is 26.5 Å². The van der Waals surface area contributed by atoms with Crippen molar-refractivity contribution < 1.29 is 8.42 Å². The molecule has 1 heterocycles. The highest BCUT2D eigenvalue weighted by Crippen LogP contribution is 2.25. The molecule has 7 heteroatoms. The fourth-order valence-corrected chi connectivity index (χ4v) is 2.55. The lowest BCUT2D eigenvalue weighted by molar-refractivity contribution is 0.579. The first-order valence-electron chi connectivity index (χ1n) is 4.96. The number of pyridine rings is 1. The van der Waals surface area contributed by atoms with Gasteiger partial charge >= 0.3 is 10.2 Å². The Hall–Kier alpha value is -1.34. The van der Waals surface area contributed by atoms with Gasteiger partial charge in [-0.25, -0.2) is 0 Å². The van der Waals surface area contributed by atoms with E-state index >= 15 is 0 Å². The highest BCUT2D eigenvalue weighted by atomic mass is 32.2. The van der Waals surface area contributed by atoms with Gasteiger partial charge in [0.1, 0.15) is 0 Å². The summed E-state index contributed by atoms with van der Waals surface area (Å²) in [5.41, 5.74) is 6.44. The summed E-state index contributed by atoms with van der Waals surface area (Å²) in [6, 6.07) is 1.65. The fourth-order valence-electron chi connectivity index (χ4n) is 1.31. The standard InChI is InChI=1S/C9H14N4O2S/c1-13(9-4-5-11-6-8(9)10)16(14,15)12-7-2-3-7/h4-7,12H,2-3,10H2,1H3. The smallest absolute Gasteiger partial charge is 0.301 e. The Bertz CT molecular complexity index is 484. The lowest BCUT2D eigenvalue weighted by atomic mass is 10.3. The van der Waals surface area contributed by atoms with Gasteiger partial charge in [0.15, 0.2) is 0 Å². The molecule has 1 aromatic rings. The molecule has 0 spiro atoms. The van der Waals surface area contributed by atoms with Gasteiger partial charge in [-0.2, -0.15) is 13.1 Å². The van der Waals surface area contributed by atoms with Crippen LogP contribution in [0.2, 0.25) is 0 Å². The van der Waals surface area contributed by atoms with E-state index in [1.807, 2.05) is 0 Å². The van der Waals surface area contributed by atoms with Crippen LogP contribution in [0.4, 0.5) is 11.4 Å². The third-order valence-electron chi connectivity index (χ3n) is 2.42. The van der Waals surface area contributed by atoms with Crippen molar-refractivity contribution >= 4 is 21.6 Å². The number of aromatic nitrogens is 1. The molecule has 0 bridgehead atoms. The molecule has 1 aliphatic carbocycles. The van der Waals surface area contributed by atoms with E-state index in [0.717, 1.165) is 17.1 Å². The minimum absolute atomic E-state index is 0.0792. The van der Waals surface area contributed by atoms with Crippen LogP contribution in [0.15, 0.2) is 18.5 Å². The first kappa shape index (κ1) is 11.2. The van der Waals surface area contributed by atoms with Crippen LogP contribution in [0, 0.1) is 0 Å². The quantitative estimate of drug-likeness (QED) is 0.783. The summed E-state index contributed by atoms with van der Waals surface area (Å²) in [6.07, 6.45) is 4.74. The number of anilines is 2. The van der Waals surface area contributed by atoms with Crippen LogP contribution < -0.4 is 14.8 Å². The maximum atomic E-state index is 11.9. The van der Waals surface area contributed by atoms with Gasteiger partial charge in [-0.1, -0.05) is 0 Å². The molecule has 1 aromatic heterocycles. The number of rotatable bonds is 4. The second-order valence-corrected chi connectivity index (χ2v) is 5.53. The van der Waals surface area contributed by atoms with Crippen molar-refractivity contribution in [1.82, 2.24) is 9.71 Å². The highest BCUT2D eigenvalue weighted by molar-refractivity contribution is 7.90. The van der Waals surface area contributed by atoms with Crippen molar-refractivity contribution in [2.45, 2.75) is 18.9 Å². The van der Waals surface area contributed by atoms with Gasteiger partial charge in [0.25, 0.3) is 0 Å². The van der Waals surface area contributed by atoms with Gasteiger partial charge in [0.2, 0.25) is 0 Å². The van der Waals surface area contributed by atoms with Crippen molar-refractivity contribution in [2.24, 2.45) is 0 Å². The molecule has 0 atom stereocenters. The molecule has 1 saturated carbocycles. The van der Waals surface area contributed by atoms with E-state index < -0.39 is 10.2 Å². The highest BCUT2D eigenvalue weighted by Gasteiger charge is 2.30. The third-order valence-corrected chi connectivity index (χ3v) is 3.97. The Balaban J connectivity index is 2.23. The normalized spacial score (nSPS) is 16.1. The third kappa shape index (κ3) is 2.25. The molecule has 0 amide bonds. The van der Waals surface area contributed by atoms with Crippen LogP contribution in [0.1, 0.15) is 12.8 Å².